The molecule has 2 aromatic rings. The molecule has 0 saturated carbocycles. The first-order valence-electron chi connectivity index (χ1n) is 5.12. The van der Waals surface area contributed by atoms with Gasteiger partial charge in [0.2, 0.25) is 0 Å². The predicted molar refractivity (Wildman–Crippen MR) is 74.0 cm³/mol. The van der Waals surface area contributed by atoms with Gasteiger partial charge in [-0.15, -0.1) is 11.3 Å². The quantitative estimate of drug-likeness (QED) is 0.918. The highest BCUT2D eigenvalue weighted by atomic mass is 79.9. The molecule has 0 radical (unpaired) electrons. The number of rotatable bonds is 4. The third-order valence-electron chi connectivity index (χ3n) is 2.62. The summed E-state index contributed by atoms with van der Waals surface area (Å²) in [5.41, 5.74) is 1.82. The van der Waals surface area contributed by atoms with Crippen molar-refractivity contribution in [3.8, 4) is 0 Å². The van der Waals surface area contributed by atoms with Gasteiger partial charge in [0.25, 0.3) is 10.0 Å². The lowest BCUT2D eigenvalue weighted by atomic mass is 10.3. The van der Waals surface area contributed by atoms with Crippen LogP contribution in [0.2, 0.25) is 0 Å². The maximum atomic E-state index is 12.0. The molecule has 0 aliphatic carbocycles. The van der Waals surface area contributed by atoms with Crippen molar-refractivity contribution in [2.24, 2.45) is 7.05 Å². The molecule has 1 N–H and O–H groups in total. The Balaban J connectivity index is 2.16. The first-order chi connectivity index (χ1) is 8.42. The van der Waals surface area contributed by atoms with Crippen molar-refractivity contribution in [3.05, 3.63) is 33.4 Å². The number of nitrogens with zero attached hydrogens (tertiary/aromatic N) is 2. The molecule has 5 nitrogen and oxygen atoms in total. The lowest BCUT2D eigenvalue weighted by molar-refractivity contribution is 0.583. The van der Waals surface area contributed by atoms with E-state index < -0.39 is 10.0 Å². The van der Waals surface area contributed by atoms with Gasteiger partial charge < -0.3 is 0 Å². The molecule has 8 heteroatoms. The van der Waals surface area contributed by atoms with E-state index in [-0.39, 0.29) is 6.54 Å². The summed E-state index contributed by atoms with van der Waals surface area (Å²) in [6.07, 6.45) is 1.67. The summed E-state index contributed by atoms with van der Waals surface area (Å²) < 4.78 is 29.3. The maximum Gasteiger partial charge on any atom is 0.251 e. The summed E-state index contributed by atoms with van der Waals surface area (Å²) in [5.74, 6) is 0. The van der Waals surface area contributed by atoms with Gasteiger partial charge in [0.05, 0.1) is 6.20 Å². The van der Waals surface area contributed by atoms with Gasteiger partial charge >= 0.3 is 0 Å². The molecular weight excluding hydrogens is 338 g/mol. The minimum absolute atomic E-state index is 0.242. The molecule has 0 unspecified atom stereocenters. The Labute approximate surface area is 118 Å². The number of thiophene rings is 1. The van der Waals surface area contributed by atoms with Crippen LogP contribution >= 0.6 is 27.3 Å². The van der Waals surface area contributed by atoms with E-state index >= 15 is 0 Å². The number of sulfonamides is 1. The summed E-state index contributed by atoms with van der Waals surface area (Å²) in [7, 11) is -1.65. The third kappa shape index (κ3) is 2.66. The van der Waals surface area contributed by atoms with Gasteiger partial charge in [-0.1, -0.05) is 0 Å². The van der Waals surface area contributed by atoms with Crippen LogP contribution in [-0.4, -0.2) is 18.2 Å². The van der Waals surface area contributed by atoms with Gasteiger partial charge in [0.15, 0.2) is 0 Å². The van der Waals surface area contributed by atoms with Crippen LogP contribution in [-0.2, 0) is 23.6 Å². The number of hydrogen-bond acceptors (Lipinski definition) is 4. The molecule has 0 spiro atoms. The molecule has 2 aromatic heterocycles. The van der Waals surface area contributed by atoms with Gasteiger partial charge in [-0.3, -0.25) is 4.68 Å². The Morgan fingerprint density at radius 2 is 2.28 bits per heavy atom. The third-order valence-corrected chi connectivity index (χ3v) is 6.69. The van der Waals surface area contributed by atoms with Crippen molar-refractivity contribution in [1.82, 2.24) is 14.5 Å². The fourth-order valence-corrected chi connectivity index (χ4v) is 4.81. The minimum atomic E-state index is -3.47. The Hall–Kier alpha value is -0.700. The molecule has 0 fully saturated rings. The zero-order valence-electron chi connectivity index (χ0n) is 9.84. The fraction of sp³-hybridized carbons (Fsp3) is 0.300. The standard InChI is InChI=1S/C10H12BrN3O2S2/c1-7-8(5-12-14(7)2)6-13-18(15,16)10-9(11)3-4-17-10/h3-5,13H,6H2,1-2H3. The van der Waals surface area contributed by atoms with Crippen LogP contribution in [0.25, 0.3) is 0 Å². The summed E-state index contributed by atoms with van der Waals surface area (Å²) >= 11 is 4.40. The van der Waals surface area contributed by atoms with Crippen LogP contribution in [0.3, 0.4) is 0 Å². The number of nitrogens with one attached hydrogen (secondary N) is 1. The lowest BCUT2D eigenvalue weighted by Gasteiger charge is -2.05. The Morgan fingerprint density at radius 3 is 2.78 bits per heavy atom. The SMILES string of the molecule is Cc1c(CNS(=O)(=O)c2sccc2Br)cnn1C. The second kappa shape index (κ2) is 5.12. The molecule has 0 saturated heterocycles. The van der Waals surface area contributed by atoms with E-state index in [1.807, 2.05) is 14.0 Å². The highest BCUT2D eigenvalue weighted by Gasteiger charge is 2.19. The van der Waals surface area contributed by atoms with Crippen molar-refractivity contribution in [1.29, 1.82) is 0 Å². The van der Waals surface area contributed by atoms with Gasteiger partial charge in [0, 0.05) is 29.3 Å². The fourth-order valence-electron chi connectivity index (χ4n) is 1.43. The molecule has 0 aromatic carbocycles. The number of aryl methyl sites for hydroxylation is 1. The van der Waals surface area contributed by atoms with Crippen molar-refractivity contribution >= 4 is 37.3 Å². The van der Waals surface area contributed by atoms with Crippen molar-refractivity contribution in [2.75, 3.05) is 0 Å². The molecular formula is C10H12BrN3O2S2. The van der Waals surface area contributed by atoms with Crippen LogP contribution in [0.5, 0.6) is 0 Å². The molecule has 0 aliphatic rings. The Kier molecular flexibility index (Phi) is 3.90. The Bertz CT molecular complexity index is 660. The average Bonchev–Trinajstić information content (AvgIpc) is 2.86. The van der Waals surface area contributed by atoms with Gasteiger partial charge in [-0.2, -0.15) is 5.10 Å². The molecule has 0 amide bonds. The normalized spacial score (nSPS) is 11.9. The molecule has 0 bridgehead atoms. The summed E-state index contributed by atoms with van der Waals surface area (Å²) in [5, 5.41) is 5.80. The van der Waals surface area contributed by atoms with E-state index in [0.717, 1.165) is 11.3 Å². The number of hydrogen-bond donors (Lipinski definition) is 1. The zero-order chi connectivity index (χ0) is 13.3. The summed E-state index contributed by atoms with van der Waals surface area (Å²) in [6.45, 7) is 2.14. The van der Waals surface area contributed by atoms with Gasteiger partial charge in [-0.05, 0) is 34.3 Å². The number of aromatic nitrogens is 2. The molecule has 2 rings (SSSR count). The van der Waals surface area contributed by atoms with Crippen LogP contribution in [0.4, 0.5) is 0 Å². The van der Waals surface area contributed by atoms with Crippen molar-refractivity contribution < 1.29 is 8.42 Å². The van der Waals surface area contributed by atoms with Crippen LogP contribution < -0.4 is 4.72 Å². The highest BCUT2D eigenvalue weighted by Crippen LogP contribution is 2.27. The number of halogens is 1. The maximum absolute atomic E-state index is 12.0. The van der Waals surface area contributed by atoms with Crippen molar-refractivity contribution in [2.45, 2.75) is 17.7 Å². The van der Waals surface area contributed by atoms with Gasteiger partial charge in [-0.25, -0.2) is 13.1 Å². The highest BCUT2D eigenvalue weighted by molar-refractivity contribution is 9.10. The first kappa shape index (κ1) is 13.7. The minimum Gasteiger partial charge on any atom is -0.273 e. The van der Waals surface area contributed by atoms with E-state index in [9.17, 15) is 8.42 Å². The molecule has 0 aliphatic heterocycles. The zero-order valence-corrected chi connectivity index (χ0v) is 13.1. The first-order valence-corrected chi connectivity index (χ1v) is 8.27. The summed E-state index contributed by atoms with van der Waals surface area (Å²) in [6, 6.07) is 1.72. The largest absolute Gasteiger partial charge is 0.273 e. The van der Waals surface area contributed by atoms with Crippen LogP contribution in [0, 0.1) is 6.92 Å². The second-order valence-corrected chi connectivity index (χ2v) is 7.49. The smallest absolute Gasteiger partial charge is 0.251 e. The van der Waals surface area contributed by atoms with Crippen LogP contribution in [0.15, 0.2) is 26.3 Å². The van der Waals surface area contributed by atoms with E-state index in [4.69, 9.17) is 0 Å². The van der Waals surface area contributed by atoms with E-state index in [1.54, 1.807) is 22.3 Å². The lowest BCUT2D eigenvalue weighted by Crippen LogP contribution is -2.22. The van der Waals surface area contributed by atoms with E-state index in [0.29, 0.717) is 8.68 Å². The van der Waals surface area contributed by atoms with Gasteiger partial charge in [0.1, 0.15) is 4.21 Å². The van der Waals surface area contributed by atoms with E-state index in [2.05, 4.69) is 25.8 Å². The molecule has 18 heavy (non-hydrogen) atoms. The Morgan fingerprint density at radius 1 is 1.56 bits per heavy atom. The van der Waals surface area contributed by atoms with Crippen molar-refractivity contribution in [3.63, 3.8) is 0 Å². The van der Waals surface area contributed by atoms with Crippen LogP contribution in [0.1, 0.15) is 11.3 Å². The van der Waals surface area contributed by atoms with E-state index in [1.165, 1.54) is 11.3 Å². The predicted octanol–water partition coefficient (Wildman–Crippen LogP) is 2.03. The second-order valence-electron chi connectivity index (χ2n) is 3.76. The molecule has 98 valence electrons. The topological polar surface area (TPSA) is 64.0 Å². The average molecular weight is 350 g/mol. The summed E-state index contributed by atoms with van der Waals surface area (Å²) in [4.78, 5) is 0. The monoisotopic (exact) mass is 349 g/mol. The molecule has 0 atom stereocenters. The molecule has 2 heterocycles.